The molecule has 88 valence electrons. The van der Waals surface area contributed by atoms with Gasteiger partial charge in [0.2, 0.25) is 5.91 Å². The third-order valence-corrected chi connectivity index (χ3v) is 2.94. The van der Waals surface area contributed by atoms with E-state index < -0.39 is 0 Å². The van der Waals surface area contributed by atoms with E-state index in [9.17, 15) is 4.79 Å². The highest BCUT2D eigenvalue weighted by Crippen LogP contribution is 2.26. The maximum Gasteiger partial charge on any atom is 0.234 e. The molecule has 1 saturated carbocycles. The van der Waals surface area contributed by atoms with Crippen molar-refractivity contribution in [1.29, 1.82) is 0 Å². The standard InChI is InChI=1S/C12H24N2O/c1-10(2)14-12(15)9-13-8-7-11-5-3-4-6-11/h10-11,13H,3-9H2,1-2H3,(H,14,15). The van der Waals surface area contributed by atoms with Gasteiger partial charge in [-0.2, -0.15) is 0 Å². The van der Waals surface area contributed by atoms with Crippen molar-refractivity contribution in [2.24, 2.45) is 5.92 Å². The van der Waals surface area contributed by atoms with Crippen molar-refractivity contribution in [3.63, 3.8) is 0 Å². The molecule has 1 fully saturated rings. The maximum atomic E-state index is 11.3. The fraction of sp³-hybridized carbons (Fsp3) is 0.917. The first-order valence-electron chi connectivity index (χ1n) is 6.18. The summed E-state index contributed by atoms with van der Waals surface area (Å²) in [5.74, 6) is 1.02. The summed E-state index contributed by atoms with van der Waals surface area (Å²) < 4.78 is 0. The second kappa shape index (κ2) is 6.83. The van der Waals surface area contributed by atoms with E-state index in [4.69, 9.17) is 0 Å². The largest absolute Gasteiger partial charge is 0.353 e. The number of carbonyl (C=O) groups excluding carboxylic acids is 1. The zero-order valence-corrected chi connectivity index (χ0v) is 10.0. The van der Waals surface area contributed by atoms with Gasteiger partial charge in [0.15, 0.2) is 0 Å². The molecule has 0 unspecified atom stereocenters. The number of hydrogen-bond donors (Lipinski definition) is 2. The Balaban J connectivity index is 1.94. The fourth-order valence-electron chi connectivity index (χ4n) is 2.18. The Bertz CT molecular complexity index is 186. The minimum Gasteiger partial charge on any atom is -0.353 e. The minimum atomic E-state index is 0.108. The topological polar surface area (TPSA) is 41.1 Å². The van der Waals surface area contributed by atoms with E-state index in [1.807, 2.05) is 13.8 Å². The SMILES string of the molecule is CC(C)NC(=O)CNCCC1CCCC1. The van der Waals surface area contributed by atoms with Crippen LogP contribution < -0.4 is 10.6 Å². The Morgan fingerprint density at radius 1 is 1.33 bits per heavy atom. The van der Waals surface area contributed by atoms with Gasteiger partial charge in [0.25, 0.3) is 0 Å². The summed E-state index contributed by atoms with van der Waals surface area (Å²) in [5, 5.41) is 6.08. The molecule has 0 aromatic carbocycles. The van der Waals surface area contributed by atoms with Crippen LogP contribution in [0.15, 0.2) is 0 Å². The molecule has 1 amide bonds. The first kappa shape index (κ1) is 12.5. The molecule has 0 radical (unpaired) electrons. The van der Waals surface area contributed by atoms with Gasteiger partial charge in [0, 0.05) is 6.04 Å². The summed E-state index contributed by atoms with van der Waals surface area (Å²) >= 11 is 0. The van der Waals surface area contributed by atoms with Crippen molar-refractivity contribution in [3.05, 3.63) is 0 Å². The van der Waals surface area contributed by atoms with E-state index in [0.717, 1.165) is 12.5 Å². The Morgan fingerprint density at radius 3 is 2.60 bits per heavy atom. The lowest BCUT2D eigenvalue weighted by Crippen LogP contribution is -2.38. The molecule has 0 bridgehead atoms. The lowest BCUT2D eigenvalue weighted by Gasteiger charge is -2.11. The number of hydrogen-bond acceptors (Lipinski definition) is 2. The summed E-state index contributed by atoms with van der Waals surface area (Å²) in [4.78, 5) is 11.3. The van der Waals surface area contributed by atoms with Crippen molar-refractivity contribution in [1.82, 2.24) is 10.6 Å². The lowest BCUT2D eigenvalue weighted by molar-refractivity contribution is -0.120. The van der Waals surface area contributed by atoms with Crippen LogP contribution in [0.1, 0.15) is 46.0 Å². The molecule has 3 heteroatoms. The molecule has 2 N–H and O–H groups in total. The van der Waals surface area contributed by atoms with Crippen LogP contribution in [0.4, 0.5) is 0 Å². The fourth-order valence-corrected chi connectivity index (χ4v) is 2.18. The van der Waals surface area contributed by atoms with Crippen LogP contribution in [0.25, 0.3) is 0 Å². The van der Waals surface area contributed by atoms with E-state index >= 15 is 0 Å². The van der Waals surface area contributed by atoms with Crippen molar-refractivity contribution in [2.75, 3.05) is 13.1 Å². The first-order chi connectivity index (χ1) is 7.18. The Hall–Kier alpha value is -0.570. The van der Waals surface area contributed by atoms with Crippen molar-refractivity contribution < 1.29 is 4.79 Å². The van der Waals surface area contributed by atoms with Crippen LogP contribution in [0.5, 0.6) is 0 Å². The minimum absolute atomic E-state index is 0.108. The van der Waals surface area contributed by atoms with E-state index in [2.05, 4.69) is 10.6 Å². The second-order valence-electron chi connectivity index (χ2n) is 4.84. The highest BCUT2D eigenvalue weighted by molar-refractivity contribution is 5.78. The summed E-state index contributed by atoms with van der Waals surface area (Å²) in [6.07, 6.45) is 6.81. The normalized spacial score (nSPS) is 17.3. The molecule has 1 rings (SSSR count). The highest BCUT2D eigenvalue weighted by atomic mass is 16.1. The van der Waals surface area contributed by atoms with E-state index in [0.29, 0.717) is 6.54 Å². The van der Waals surface area contributed by atoms with E-state index in [1.54, 1.807) is 0 Å². The molecule has 0 aromatic rings. The van der Waals surface area contributed by atoms with Crippen LogP contribution >= 0.6 is 0 Å². The Morgan fingerprint density at radius 2 is 2.00 bits per heavy atom. The Labute approximate surface area is 93.0 Å². The Kier molecular flexibility index (Phi) is 5.69. The molecular formula is C12H24N2O. The lowest BCUT2D eigenvalue weighted by atomic mass is 10.0. The predicted octanol–water partition coefficient (Wildman–Crippen LogP) is 1.68. The van der Waals surface area contributed by atoms with Gasteiger partial charge >= 0.3 is 0 Å². The molecule has 0 atom stereocenters. The van der Waals surface area contributed by atoms with Gasteiger partial charge in [0.1, 0.15) is 0 Å². The second-order valence-corrected chi connectivity index (χ2v) is 4.84. The summed E-state index contributed by atoms with van der Waals surface area (Å²) in [6, 6.07) is 0.245. The molecule has 3 nitrogen and oxygen atoms in total. The van der Waals surface area contributed by atoms with Crippen LogP contribution in [-0.2, 0) is 4.79 Å². The highest BCUT2D eigenvalue weighted by Gasteiger charge is 2.14. The molecule has 15 heavy (non-hydrogen) atoms. The van der Waals surface area contributed by atoms with E-state index in [-0.39, 0.29) is 11.9 Å². The van der Waals surface area contributed by atoms with Gasteiger partial charge in [0.05, 0.1) is 6.54 Å². The van der Waals surface area contributed by atoms with Crippen LogP contribution in [-0.4, -0.2) is 25.0 Å². The average Bonchev–Trinajstić information content (AvgIpc) is 2.63. The predicted molar refractivity (Wildman–Crippen MR) is 62.7 cm³/mol. The summed E-state index contributed by atoms with van der Waals surface area (Å²) in [7, 11) is 0. The molecule has 0 heterocycles. The number of nitrogens with one attached hydrogen (secondary N) is 2. The zero-order chi connectivity index (χ0) is 11.1. The molecule has 0 saturated heterocycles. The van der Waals surface area contributed by atoms with Crippen LogP contribution in [0.2, 0.25) is 0 Å². The summed E-state index contributed by atoms with van der Waals surface area (Å²) in [5.41, 5.74) is 0. The summed E-state index contributed by atoms with van der Waals surface area (Å²) in [6.45, 7) is 5.41. The third kappa shape index (κ3) is 5.78. The molecule has 0 aliphatic heterocycles. The van der Waals surface area contributed by atoms with E-state index in [1.165, 1.54) is 32.1 Å². The quantitative estimate of drug-likeness (QED) is 0.658. The monoisotopic (exact) mass is 212 g/mol. The van der Waals surface area contributed by atoms with Crippen molar-refractivity contribution >= 4 is 5.91 Å². The maximum absolute atomic E-state index is 11.3. The van der Waals surface area contributed by atoms with Gasteiger partial charge in [-0.05, 0) is 32.7 Å². The number of rotatable bonds is 6. The van der Waals surface area contributed by atoms with Gasteiger partial charge in [-0.25, -0.2) is 0 Å². The van der Waals surface area contributed by atoms with Gasteiger partial charge in [-0.15, -0.1) is 0 Å². The van der Waals surface area contributed by atoms with Crippen LogP contribution in [0.3, 0.4) is 0 Å². The smallest absolute Gasteiger partial charge is 0.234 e. The first-order valence-corrected chi connectivity index (χ1v) is 6.18. The third-order valence-electron chi connectivity index (χ3n) is 2.94. The zero-order valence-electron chi connectivity index (χ0n) is 10.0. The van der Waals surface area contributed by atoms with Crippen molar-refractivity contribution in [3.8, 4) is 0 Å². The molecule has 1 aliphatic carbocycles. The van der Waals surface area contributed by atoms with Gasteiger partial charge < -0.3 is 10.6 Å². The average molecular weight is 212 g/mol. The number of amides is 1. The van der Waals surface area contributed by atoms with Crippen molar-refractivity contribution in [2.45, 2.75) is 52.0 Å². The molecule has 1 aliphatic rings. The molecular weight excluding hydrogens is 188 g/mol. The molecule has 0 spiro atoms. The van der Waals surface area contributed by atoms with Gasteiger partial charge in [-0.3, -0.25) is 4.79 Å². The van der Waals surface area contributed by atoms with Gasteiger partial charge in [-0.1, -0.05) is 25.7 Å². The van der Waals surface area contributed by atoms with Crippen LogP contribution in [0, 0.1) is 5.92 Å². The number of carbonyl (C=O) groups is 1. The molecule has 0 aromatic heterocycles.